The maximum absolute atomic E-state index is 12.6. The van der Waals surface area contributed by atoms with E-state index in [1.807, 2.05) is 48.5 Å². The standard InChI is InChI=1S/C21H24N2O5/c1-25-21-17(23-19(24)13-8-4-2-5-9-13)16(22)18-15(27-21)12-26-20(28-18)14-10-6-3-7-11-14/h2-11,15-18,20-21H,12,22H2,1H3,(H,23,24)/t15-,16+,17-,18-,20+,21-/m1/s1. The first kappa shape index (κ1) is 19.0. The molecule has 28 heavy (non-hydrogen) atoms. The summed E-state index contributed by atoms with van der Waals surface area (Å²) < 4.78 is 23.4. The highest BCUT2D eigenvalue weighted by Gasteiger charge is 2.49. The summed E-state index contributed by atoms with van der Waals surface area (Å²) in [6.07, 6.45) is -2.03. The second kappa shape index (κ2) is 8.38. The van der Waals surface area contributed by atoms with E-state index in [1.54, 1.807) is 12.1 Å². The molecule has 2 saturated heterocycles. The summed E-state index contributed by atoms with van der Waals surface area (Å²) in [5, 5.41) is 2.94. The first-order valence-electron chi connectivity index (χ1n) is 9.29. The Bertz CT molecular complexity index is 788. The van der Waals surface area contributed by atoms with Crippen LogP contribution in [-0.2, 0) is 18.9 Å². The van der Waals surface area contributed by atoms with E-state index >= 15 is 0 Å². The van der Waals surface area contributed by atoms with Crippen LogP contribution in [0.2, 0.25) is 0 Å². The van der Waals surface area contributed by atoms with Gasteiger partial charge in [0.1, 0.15) is 12.2 Å². The molecule has 0 saturated carbocycles. The molecule has 7 nitrogen and oxygen atoms in total. The summed E-state index contributed by atoms with van der Waals surface area (Å²) in [5.74, 6) is -0.239. The predicted octanol–water partition coefficient (Wildman–Crippen LogP) is 1.60. The lowest BCUT2D eigenvalue weighted by molar-refractivity contribution is -0.322. The average Bonchev–Trinajstić information content (AvgIpc) is 2.76. The van der Waals surface area contributed by atoms with Gasteiger partial charge >= 0.3 is 0 Å². The predicted molar refractivity (Wildman–Crippen MR) is 101 cm³/mol. The Labute approximate surface area is 163 Å². The molecule has 4 rings (SSSR count). The summed E-state index contributed by atoms with van der Waals surface area (Å²) in [6, 6.07) is 17.5. The van der Waals surface area contributed by atoms with E-state index in [0.29, 0.717) is 12.2 Å². The molecular formula is C21H24N2O5. The lowest BCUT2D eigenvalue weighted by atomic mass is 9.93. The first-order valence-corrected chi connectivity index (χ1v) is 9.29. The van der Waals surface area contributed by atoms with Crippen LogP contribution in [0.25, 0.3) is 0 Å². The van der Waals surface area contributed by atoms with E-state index in [9.17, 15) is 4.79 Å². The van der Waals surface area contributed by atoms with Gasteiger partial charge in [-0.25, -0.2) is 0 Å². The van der Waals surface area contributed by atoms with Crippen LogP contribution in [0.4, 0.5) is 0 Å². The highest BCUT2D eigenvalue weighted by Crippen LogP contribution is 2.33. The van der Waals surface area contributed by atoms with Crippen LogP contribution in [0, 0.1) is 0 Å². The van der Waals surface area contributed by atoms with Crippen molar-refractivity contribution in [2.75, 3.05) is 13.7 Å². The van der Waals surface area contributed by atoms with Gasteiger partial charge in [-0.3, -0.25) is 4.79 Å². The SMILES string of the molecule is CO[C@@H]1O[C@@H]2CO[C@H](c3ccccc3)O[C@H]2[C@@H](N)[C@H]1NC(=O)c1ccccc1. The Kier molecular flexibility index (Phi) is 5.70. The Hall–Kier alpha value is -2.29. The number of hydrogen-bond acceptors (Lipinski definition) is 6. The molecule has 0 bridgehead atoms. The summed E-state index contributed by atoms with van der Waals surface area (Å²) in [5.41, 5.74) is 7.96. The zero-order chi connectivity index (χ0) is 19.5. The van der Waals surface area contributed by atoms with Gasteiger partial charge in [0.05, 0.1) is 18.7 Å². The molecule has 2 heterocycles. The molecular weight excluding hydrogens is 360 g/mol. The van der Waals surface area contributed by atoms with E-state index in [4.69, 9.17) is 24.7 Å². The van der Waals surface area contributed by atoms with Gasteiger partial charge < -0.3 is 30.0 Å². The highest BCUT2D eigenvalue weighted by atomic mass is 16.7. The van der Waals surface area contributed by atoms with Crippen LogP contribution >= 0.6 is 0 Å². The van der Waals surface area contributed by atoms with Crippen molar-refractivity contribution in [2.24, 2.45) is 5.73 Å². The third kappa shape index (κ3) is 3.80. The smallest absolute Gasteiger partial charge is 0.251 e. The molecule has 2 fully saturated rings. The van der Waals surface area contributed by atoms with Crippen molar-refractivity contribution < 1.29 is 23.7 Å². The van der Waals surface area contributed by atoms with E-state index < -0.39 is 30.8 Å². The van der Waals surface area contributed by atoms with Crippen molar-refractivity contribution in [1.82, 2.24) is 5.32 Å². The molecule has 0 radical (unpaired) electrons. The maximum atomic E-state index is 12.6. The van der Waals surface area contributed by atoms with Crippen molar-refractivity contribution in [3.8, 4) is 0 Å². The fraction of sp³-hybridized carbons (Fsp3) is 0.381. The molecule has 3 N–H and O–H groups in total. The van der Waals surface area contributed by atoms with Crippen LogP contribution in [0.1, 0.15) is 22.2 Å². The summed E-state index contributed by atoms with van der Waals surface area (Å²) in [4.78, 5) is 12.6. The van der Waals surface area contributed by atoms with Crippen molar-refractivity contribution in [3.05, 3.63) is 71.8 Å². The molecule has 0 aliphatic carbocycles. The number of amides is 1. The van der Waals surface area contributed by atoms with Crippen LogP contribution in [0.5, 0.6) is 0 Å². The zero-order valence-electron chi connectivity index (χ0n) is 15.6. The van der Waals surface area contributed by atoms with Gasteiger partial charge in [0.2, 0.25) is 0 Å². The minimum Gasteiger partial charge on any atom is -0.354 e. The summed E-state index contributed by atoms with van der Waals surface area (Å²) in [6.45, 7) is 0.330. The highest BCUT2D eigenvalue weighted by molar-refractivity contribution is 5.94. The van der Waals surface area contributed by atoms with E-state index in [1.165, 1.54) is 7.11 Å². The second-order valence-corrected chi connectivity index (χ2v) is 6.90. The van der Waals surface area contributed by atoms with Gasteiger partial charge in [0.25, 0.3) is 5.91 Å². The quantitative estimate of drug-likeness (QED) is 0.832. The van der Waals surface area contributed by atoms with E-state index in [2.05, 4.69) is 5.32 Å². The number of carbonyl (C=O) groups excluding carboxylic acids is 1. The number of nitrogens with two attached hydrogens (primary N) is 1. The molecule has 6 atom stereocenters. The number of nitrogens with one attached hydrogen (secondary N) is 1. The molecule has 7 heteroatoms. The van der Waals surface area contributed by atoms with Crippen molar-refractivity contribution in [3.63, 3.8) is 0 Å². The molecule has 0 aromatic heterocycles. The number of carbonyl (C=O) groups is 1. The average molecular weight is 384 g/mol. The third-order valence-electron chi connectivity index (χ3n) is 5.09. The maximum Gasteiger partial charge on any atom is 0.251 e. The van der Waals surface area contributed by atoms with Gasteiger partial charge in [0, 0.05) is 18.2 Å². The van der Waals surface area contributed by atoms with Crippen molar-refractivity contribution in [2.45, 2.75) is 36.9 Å². The normalized spacial score (nSPS) is 32.4. The lowest BCUT2D eigenvalue weighted by Crippen LogP contribution is -2.69. The van der Waals surface area contributed by atoms with E-state index in [-0.39, 0.29) is 12.0 Å². The topological polar surface area (TPSA) is 92.0 Å². The number of hydrogen-bond donors (Lipinski definition) is 2. The van der Waals surface area contributed by atoms with Gasteiger partial charge in [-0.2, -0.15) is 0 Å². The fourth-order valence-electron chi connectivity index (χ4n) is 3.62. The Morgan fingerprint density at radius 3 is 2.43 bits per heavy atom. The minimum absolute atomic E-state index is 0.239. The Balaban J connectivity index is 1.50. The van der Waals surface area contributed by atoms with Gasteiger partial charge in [-0.1, -0.05) is 48.5 Å². The molecule has 0 unspecified atom stereocenters. The number of rotatable bonds is 4. The van der Waals surface area contributed by atoms with E-state index in [0.717, 1.165) is 5.56 Å². The van der Waals surface area contributed by atoms with Crippen LogP contribution in [0.3, 0.4) is 0 Å². The number of benzene rings is 2. The molecule has 2 aliphatic heterocycles. The number of ether oxygens (including phenoxy) is 4. The zero-order valence-corrected chi connectivity index (χ0v) is 15.6. The minimum atomic E-state index is -0.690. The molecule has 2 aliphatic rings. The lowest BCUT2D eigenvalue weighted by Gasteiger charge is -2.48. The van der Waals surface area contributed by atoms with Gasteiger partial charge in [-0.05, 0) is 12.1 Å². The molecule has 1 amide bonds. The number of methoxy groups -OCH3 is 1. The second-order valence-electron chi connectivity index (χ2n) is 6.90. The van der Waals surface area contributed by atoms with Crippen molar-refractivity contribution in [1.29, 1.82) is 0 Å². The van der Waals surface area contributed by atoms with Crippen molar-refractivity contribution >= 4 is 5.91 Å². The van der Waals surface area contributed by atoms with Gasteiger partial charge in [0.15, 0.2) is 12.6 Å². The Morgan fingerprint density at radius 2 is 1.75 bits per heavy atom. The fourth-order valence-corrected chi connectivity index (χ4v) is 3.62. The molecule has 0 spiro atoms. The number of fused-ring (bicyclic) bond motifs is 1. The van der Waals surface area contributed by atoms with Crippen LogP contribution in [-0.4, -0.2) is 50.2 Å². The first-order chi connectivity index (χ1) is 13.7. The largest absolute Gasteiger partial charge is 0.354 e. The third-order valence-corrected chi connectivity index (χ3v) is 5.09. The summed E-state index contributed by atoms with van der Waals surface area (Å²) >= 11 is 0. The van der Waals surface area contributed by atoms with Crippen LogP contribution < -0.4 is 11.1 Å². The Morgan fingerprint density at radius 1 is 1.07 bits per heavy atom. The molecule has 2 aromatic carbocycles. The molecule has 2 aromatic rings. The van der Waals surface area contributed by atoms with Gasteiger partial charge in [-0.15, -0.1) is 0 Å². The summed E-state index contributed by atoms with van der Waals surface area (Å²) in [7, 11) is 1.52. The molecule has 148 valence electrons. The monoisotopic (exact) mass is 384 g/mol. The van der Waals surface area contributed by atoms with Crippen LogP contribution in [0.15, 0.2) is 60.7 Å².